The van der Waals surface area contributed by atoms with E-state index in [1.807, 2.05) is 0 Å². The van der Waals surface area contributed by atoms with Crippen molar-refractivity contribution in [1.29, 1.82) is 0 Å². The summed E-state index contributed by atoms with van der Waals surface area (Å²) in [4.78, 5) is 23.9. The number of rotatable bonds is 3. The van der Waals surface area contributed by atoms with Gasteiger partial charge in [-0.3, -0.25) is 14.8 Å². The largest absolute Gasteiger partial charge is 0.349 e. The van der Waals surface area contributed by atoms with Gasteiger partial charge in [-0.15, -0.1) is 11.3 Å². The lowest BCUT2D eigenvalue weighted by molar-refractivity contribution is 0.0711. The lowest BCUT2D eigenvalue weighted by Crippen LogP contribution is -2.35. The highest BCUT2D eigenvalue weighted by atomic mass is 32.1. The molecule has 2 amide bonds. The molecule has 1 aliphatic rings. The summed E-state index contributed by atoms with van der Waals surface area (Å²) in [7, 11) is 0. The maximum atomic E-state index is 11.9. The van der Waals surface area contributed by atoms with E-state index < -0.39 is 5.91 Å². The first-order chi connectivity index (χ1) is 8.70. The van der Waals surface area contributed by atoms with Crippen LogP contribution in [0.15, 0.2) is 12.1 Å². The summed E-state index contributed by atoms with van der Waals surface area (Å²) >= 11 is 1.08. The molecule has 0 spiro atoms. The van der Waals surface area contributed by atoms with Gasteiger partial charge in [-0.05, 0) is 25.0 Å². The van der Waals surface area contributed by atoms with Gasteiger partial charge in [0.1, 0.15) is 0 Å². The Hall–Kier alpha value is -1.40. The van der Waals surface area contributed by atoms with E-state index in [-0.39, 0.29) is 11.9 Å². The van der Waals surface area contributed by atoms with Crippen molar-refractivity contribution in [2.24, 2.45) is 0 Å². The molecule has 0 aliphatic heterocycles. The molecule has 6 heteroatoms. The molecule has 1 saturated carbocycles. The minimum absolute atomic E-state index is 0.135. The highest BCUT2D eigenvalue weighted by molar-refractivity contribution is 7.15. The van der Waals surface area contributed by atoms with Crippen molar-refractivity contribution < 1.29 is 14.8 Å². The van der Waals surface area contributed by atoms with Gasteiger partial charge in [0, 0.05) is 6.04 Å². The first-order valence-electron chi connectivity index (χ1n) is 6.06. The fourth-order valence-corrected chi connectivity index (χ4v) is 2.94. The number of hydrogen-bond donors (Lipinski definition) is 3. The van der Waals surface area contributed by atoms with Gasteiger partial charge in [-0.2, -0.15) is 0 Å². The van der Waals surface area contributed by atoms with Crippen molar-refractivity contribution >= 4 is 23.2 Å². The van der Waals surface area contributed by atoms with Crippen LogP contribution >= 0.6 is 11.3 Å². The van der Waals surface area contributed by atoms with Crippen LogP contribution in [-0.2, 0) is 0 Å². The van der Waals surface area contributed by atoms with Gasteiger partial charge in [0.15, 0.2) is 0 Å². The lowest BCUT2D eigenvalue weighted by Gasteiger charge is -2.22. The van der Waals surface area contributed by atoms with Gasteiger partial charge in [-0.25, -0.2) is 5.48 Å². The molecule has 3 N–H and O–H groups in total. The van der Waals surface area contributed by atoms with E-state index in [2.05, 4.69) is 5.32 Å². The lowest BCUT2D eigenvalue weighted by atomic mass is 9.95. The molecular weight excluding hydrogens is 252 g/mol. The number of carbonyl (C=O) groups is 2. The second kappa shape index (κ2) is 5.97. The Bertz CT molecular complexity index is 438. The average molecular weight is 268 g/mol. The molecule has 1 fully saturated rings. The van der Waals surface area contributed by atoms with Crippen LogP contribution in [0.4, 0.5) is 0 Å². The fraction of sp³-hybridized carbons (Fsp3) is 0.500. The molecule has 2 rings (SSSR count). The van der Waals surface area contributed by atoms with Crippen molar-refractivity contribution in [1.82, 2.24) is 10.8 Å². The molecule has 1 aliphatic carbocycles. The van der Waals surface area contributed by atoms with Crippen molar-refractivity contribution in [3.8, 4) is 0 Å². The second-order valence-electron chi connectivity index (χ2n) is 4.41. The molecule has 0 saturated heterocycles. The molecule has 5 nitrogen and oxygen atoms in total. The SMILES string of the molecule is O=C(NO)c1ccc(C(=O)NC2CCCCC2)s1. The maximum Gasteiger partial charge on any atom is 0.284 e. The Kier molecular flexibility index (Phi) is 4.33. The minimum atomic E-state index is -0.586. The molecule has 0 radical (unpaired) electrons. The summed E-state index contributed by atoms with van der Waals surface area (Å²) in [6, 6.07) is 3.39. The van der Waals surface area contributed by atoms with Crippen LogP contribution in [0.5, 0.6) is 0 Å². The molecular formula is C12H16N2O3S. The summed E-state index contributed by atoms with van der Waals surface area (Å²) in [6.45, 7) is 0. The third-order valence-corrected chi connectivity index (χ3v) is 4.18. The first-order valence-corrected chi connectivity index (χ1v) is 6.87. The van der Waals surface area contributed by atoms with Crippen LogP contribution in [0.3, 0.4) is 0 Å². The number of thiophene rings is 1. The zero-order valence-corrected chi connectivity index (χ0v) is 10.8. The first kappa shape index (κ1) is 13.0. The summed E-state index contributed by atoms with van der Waals surface area (Å²) in [5, 5.41) is 11.5. The number of hydrogen-bond acceptors (Lipinski definition) is 4. The number of amides is 2. The molecule has 98 valence electrons. The number of nitrogens with one attached hydrogen (secondary N) is 2. The number of carbonyl (C=O) groups excluding carboxylic acids is 2. The fourth-order valence-electron chi connectivity index (χ4n) is 2.14. The summed E-state index contributed by atoms with van der Waals surface area (Å²) < 4.78 is 0. The van der Waals surface area contributed by atoms with E-state index in [0.717, 1.165) is 37.0 Å². The van der Waals surface area contributed by atoms with E-state index >= 15 is 0 Å². The van der Waals surface area contributed by atoms with E-state index in [9.17, 15) is 9.59 Å². The summed E-state index contributed by atoms with van der Waals surface area (Å²) in [5.41, 5.74) is 1.55. The van der Waals surface area contributed by atoms with Gasteiger partial charge in [-0.1, -0.05) is 19.3 Å². The van der Waals surface area contributed by atoms with Crippen molar-refractivity contribution in [2.75, 3.05) is 0 Å². The zero-order valence-electron chi connectivity index (χ0n) is 9.94. The average Bonchev–Trinajstić information content (AvgIpc) is 2.88. The molecule has 0 atom stereocenters. The van der Waals surface area contributed by atoms with Gasteiger partial charge >= 0.3 is 0 Å². The Labute approximate surface area is 109 Å². The van der Waals surface area contributed by atoms with Crippen molar-refractivity contribution in [3.63, 3.8) is 0 Å². The Balaban J connectivity index is 1.95. The molecule has 1 aromatic heterocycles. The monoisotopic (exact) mass is 268 g/mol. The van der Waals surface area contributed by atoms with E-state index in [1.54, 1.807) is 11.5 Å². The highest BCUT2D eigenvalue weighted by Crippen LogP contribution is 2.20. The topological polar surface area (TPSA) is 78.4 Å². The quantitative estimate of drug-likeness (QED) is 0.579. The van der Waals surface area contributed by atoms with Crippen LogP contribution in [-0.4, -0.2) is 23.1 Å². The minimum Gasteiger partial charge on any atom is -0.349 e. The Morgan fingerprint density at radius 3 is 2.33 bits per heavy atom. The predicted octanol–water partition coefficient (Wildman–Crippen LogP) is 1.93. The molecule has 0 bridgehead atoms. The Morgan fingerprint density at radius 1 is 1.11 bits per heavy atom. The van der Waals surface area contributed by atoms with Crippen molar-refractivity contribution in [2.45, 2.75) is 38.1 Å². The number of hydroxylamine groups is 1. The molecule has 0 unspecified atom stereocenters. The van der Waals surface area contributed by atoms with Crippen LogP contribution in [0.2, 0.25) is 0 Å². The zero-order chi connectivity index (χ0) is 13.0. The van der Waals surface area contributed by atoms with E-state index in [0.29, 0.717) is 9.75 Å². The van der Waals surface area contributed by atoms with Gasteiger partial charge in [0.25, 0.3) is 11.8 Å². The van der Waals surface area contributed by atoms with Crippen LogP contribution in [0.1, 0.15) is 51.4 Å². The van der Waals surface area contributed by atoms with Gasteiger partial charge in [0.05, 0.1) is 9.75 Å². The van der Waals surface area contributed by atoms with Crippen LogP contribution in [0, 0.1) is 0 Å². The molecule has 18 heavy (non-hydrogen) atoms. The van der Waals surface area contributed by atoms with E-state index in [1.165, 1.54) is 12.5 Å². The van der Waals surface area contributed by atoms with Gasteiger partial charge in [0.2, 0.25) is 0 Å². The highest BCUT2D eigenvalue weighted by Gasteiger charge is 2.18. The molecule has 0 aromatic carbocycles. The normalized spacial score (nSPS) is 16.3. The summed E-state index contributed by atoms with van der Waals surface area (Å²) in [5.74, 6) is -0.722. The molecule has 1 heterocycles. The van der Waals surface area contributed by atoms with Crippen LogP contribution in [0.25, 0.3) is 0 Å². The van der Waals surface area contributed by atoms with E-state index in [4.69, 9.17) is 5.21 Å². The van der Waals surface area contributed by atoms with Crippen molar-refractivity contribution in [3.05, 3.63) is 21.9 Å². The van der Waals surface area contributed by atoms with Crippen LogP contribution < -0.4 is 10.8 Å². The predicted molar refractivity (Wildman–Crippen MR) is 67.9 cm³/mol. The smallest absolute Gasteiger partial charge is 0.284 e. The summed E-state index contributed by atoms with van der Waals surface area (Å²) in [6.07, 6.45) is 5.62. The third kappa shape index (κ3) is 3.08. The second-order valence-corrected chi connectivity index (χ2v) is 5.50. The third-order valence-electron chi connectivity index (χ3n) is 3.10. The molecule has 1 aromatic rings. The maximum absolute atomic E-state index is 11.9. The standard InChI is InChI=1S/C12H16N2O3S/c15-11(13-8-4-2-1-3-5-8)9-6-7-10(18-9)12(16)14-17/h6-8,17H,1-5H2,(H,13,15)(H,14,16). The van der Waals surface area contributed by atoms with Gasteiger partial charge < -0.3 is 5.32 Å². The Morgan fingerprint density at radius 2 is 1.72 bits per heavy atom.